The van der Waals surface area contributed by atoms with Gasteiger partial charge in [0.2, 0.25) is 0 Å². The SMILES string of the molecule is Cc1cc(I)ccc1NC(=O)NC(=N)N. The van der Waals surface area contributed by atoms with Crippen LogP contribution in [0.4, 0.5) is 10.5 Å². The van der Waals surface area contributed by atoms with Crippen molar-refractivity contribution in [1.82, 2.24) is 5.32 Å². The third kappa shape index (κ3) is 3.74. The second-order valence-electron chi connectivity index (χ2n) is 2.95. The van der Waals surface area contributed by atoms with E-state index in [1.165, 1.54) is 0 Å². The number of carbonyl (C=O) groups excluding carboxylic acids is 1. The molecule has 0 saturated carbocycles. The van der Waals surface area contributed by atoms with Crippen molar-refractivity contribution in [1.29, 1.82) is 5.41 Å². The Balaban J connectivity index is 2.72. The minimum absolute atomic E-state index is 0.379. The largest absolute Gasteiger partial charge is 0.370 e. The molecule has 0 spiro atoms. The van der Waals surface area contributed by atoms with Crippen LogP contribution in [-0.2, 0) is 0 Å². The van der Waals surface area contributed by atoms with Crippen LogP contribution in [0.15, 0.2) is 18.2 Å². The standard InChI is InChI=1S/C9H11IN4O/c1-5-4-6(10)2-3-7(5)13-9(15)14-8(11)12/h2-4H,1H3,(H5,11,12,13,14,15). The molecule has 1 aromatic rings. The van der Waals surface area contributed by atoms with Crippen LogP contribution in [0.2, 0.25) is 0 Å². The van der Waals surface area contributed by atoms with E-state index in [0.29, 0.717) is 5.69 Å². The fourth-order valence-corrected chi connectivity index (χ4v) is 1.69. The van der Waals surface area contributed by atoms with Gasteiger partial charge in [-0.25, -0.2) is 4.79 Å². The van der Waals surface area contributed by atoms with Crippen molar-refractivity contribution < 1.29 is 4.79 Å². The summed E-state index contributed by atoms with van der Waals surface area (Å²) in [7, 11) is 0. The average Bonchev–Trinajstić information content (AvgIpc) is 2.08. The molecule has 0 atom stereocenters. The molecule has 0 aliphatic heterocycles. The van der Waals surface area contributed by atoms with E-state index in [2.05, 4.69) is 33.2 Å². The summed E-state index contributed by atoms with van der Waals surface area (Å²) >= 11 is 2.19. The van der Waals surface area contributed by atoms with E-state index in [1.54, 1.807) is 6.07 Å². The molecule has 0 aromatic heterocycles. The van der Waals surface area contributed by atoms with Crippen LogP contribution in [-0.4, -0.2) is 12.0 Å². The van der Waals surface area contributed by atoms with Crippen LogP contribution in [0.3, 0.4) is 0 Å². The first kappa shape index (κ1) is 11.8. The second kappa shape index (κ2) is 4.96. The fourth-order valence-electron chi connectivity index (χ4n) is 1.04. The van der Waals surface area contributed by atoms with Gasteiger partial charge in [0.25, 0.3) is 0 Å². The van der Waals surface area contributed by atoms with Crippen molar-refractivity contribution >= 4 is 40.3 Å². The Bertz CT molecular complexity index is 405. The maximum absolute atomic E-state index is 11.2. The molecule has 5 N–H and O–H groups in total. The zero-order valence-corrected chi connectivity index (χ0v) is 10.3. The monoisotopic (exact) mass is 318 g/mol. The van der Waals surface area contributed by atoms with Crippen molar-refractivity contribution in [3.05, 3.63) is 27.3 Å². The van der Waals surface area contributed by atoms with Gasteiger partial charge < -0.3 is 11.1 Å². The minimum Gasteiger partial charge on any atom is -0.370 e. The lowest BCUT2D eigenvalue weighted by molar-refractivity contribution is 0.256. The van der Waals surface area contributed by atoms with Gasteiger partial charge in [-0.3, -0.25) is 10.7 Å². The quantitative estimate of drug-likeness (QED) is 0.360. The van der Waals surface area contributed by atoms with E-state index < -0.39 is 6.03 Å². The van der Waals surface area contributed by atoms with Gasteiger partial charge in [-0.15, -0.1) is 0 Å². The van der Waals surface area contributed by atoms with Crippen LogP contribution in [0.25, 0.3) is 0 Å². The summed E-state index contributed by atoms with van der Waals surface area (Å²) in [6.07, 6.45) is 0. The van der Waals surface area contributed by atoms with Gasteiger partial charge in [-0.2, -0.15) is 0 Å². The van der Waals surface area contributed by atoms with Gasteiger partial charge in [-0.05, 0) is 53.3 Å². The molecule has 0 aliphatic rings. The Morgan fingerprint density at radius 1 is 1.53 bits per heavy atom. The van der Waals surface area contributed by atoms with Crippen molar-refractivity contribution in [3.63, 3.8) is 0 Å². The summed E-state index contributed by atoms with van der Waals surface area (Å²) in [5.74, 6) is -0.379. The van der Waals surface area contributed by atoms with Crippen molar-refractivity contribution in [3.8, 4) is 0 Å². The highest BCUT2D eigenvalue weighted by Gasteiger charge is 2.04. The topological polar surface area (TPSA) is 91.0 Å². The summed E-state index contributed by atoms with van der Waals surface area (Å²) in [5, 5.41) is 11.6. The first-order chi connectivity index (χ1) is 6.99. The van der Waals surface area contributed by atoms with Gasteiger partial charge in [-0.1, -0.05) is 0 Å². The van der Waals surface area contributed by atoms with Gasteiger partial charge in [0, 0.05) is 9.26 Å². The van der Waals surface area contributed by atoms with Crippen molar-refractivity contribution in [2.75, 3.05) is 5.32 Å². The molecule has 80 valence electrons. The zero-order chi connectivity index (χ0) is 11.4. The van der Waals surface area contributed by atoms with E-state index in [9.17, 15) is 4.79 Å². The van der Waals surface area contributed by atoms with E-state index in [-0.39, 0.29) is 5.96 Å². The number of anilines is 1. The molecule has 1 rings (SSSR count). The maximum atomic E-state index is 11.2. The number of hydrogen-bond acceptors (Lipinski definition) is 2. The number of aryl methyl sites for hydroxylation is 1. The molecular formula is C9H11IN4O. The van der Waals surface area contributed by atoms with Gasteiger partial charge >= 0.3 is 6.03 Å². The number of guanidine groups is 1. The maximum Gasteiger partial charge on any atom is 0.325 e. The molecule has 2 amide bonds. The van der Waals surface area contributed by atoms with E-state index in [0.717, 1.165) is 9.13 Å². The van der Waals surface area contributed by atoms with Crippen LogP contribution < -0.4 is 16.4 Å². The molecule has 5 nitrogen and oxygen atoms in total. The number of nitrogens with one attached hydrogen (secondary N) is 3. The van der Waals surface area contributed by atoms with Crippen LogP contribution in [0.1, 0.15) is 5.56 Å². The first-order valence-corrected chi connectivity index (χ1v) is 5.25. The molecule has 0 bridgehead atoms. The van der Waals surface area contributed by atoms with Gasteiger partial charge in [0.15, 0.2) is 5.96 Å². The lowest BCUT2D eigenvalue weighted by Gasteiger charge is -2.08. The molecule has 6 heteroatoms. The molecule has 0 fully saturated rings. The fraction of sp³-hybridized carbons (Fsp3) is 0.111. The number of hydrogen-bond donors (Lipinski definition) is 4. The molecule has 0 saturated heterocycles. The highest BCUT2D eigenvalue weighted by molar-refractivity contribution is 14.1. The zero-order valence-electron chi connectivity index (χ0n) is 8.10. The summed E-state index contributed by atoms with van der Waals surface area (Å²) in [4.78, 5) is 11.2. The average molecular weight is 318 g/mol. The normalized spacial score (nSPS) is 9.47. The number of urea groups is 1. The van der Waals surface area contributed by atoms with Crippen LogP contribution in [0.5, 0.6) is 0 Å². The summed E-state index contributed by atoms with van der Waals surface area (Å²) in [5.41, 5.74) is 6.68. The molecule has 1 aromatic carbocycles. The highest BCUT2D eigenvalue weighted by atomic mass is 127. The Hall–Kier alpha value is -1.31. The number of benzene rings is 1. The molecular weight excluding hydrogens is 307 g/mol. The van der Waals surface area contributed by atoms with Gasteiger partial charge in [0.1, 0.15) is 0 Å². The number of carbonyl (C=O) groups is 1. The Morgan fingerprint density at radius 2 is 2.20 bits per heavy atom. The number of rotatable bonds is 1. The third-order valence-corrected chi connectivity index (χ3v) is 2.36. The predicted octanol–water partition coefficient (Wildman–Crippen LogP) is 1.61. The van der Waals surface area contributed by atoms with Crippen molar-refractivity contribution in [2.45, 2.75) is 6.92 Å². The second-order valence-corrected chi connectivity index (χ2v) is 4.20. The first-order valence-electron chi connectivity index (χ1n) is 4.17. The smallest absolute Gasteiger partial charge is 0.325 e. The highest BCUT2D eigenvalue weighted by Crippen LogP contribution is 2.17. The summed E-state index contributed by atoms with van der Waals surface area (Å²) in [6.45, 7) is 1.89. The lowest BCUT2D eigenvalue weighted by Crippen LogP contribution is -2.38. The lowest BCUT2D eigenvalue weighted by atomic mass is 10.2. The van der Waals surface area contributed by atoms with E-state index >= 15 is 0 Å². The molecule has 15 heavy (non-hydrogen) atoms. The number of halogens is 1. The molecule has 0 heterocycles. The molecule has 0 radical (unpaired) electrons. The summed E-state index contributed by atoms with van der Waals surface area (Å²) < 4.78 is 1.10. The van der Waals surface area contributed by atoms with Gasteiger partial charge in [0.05, 0.1) is 0 Å². The number of nitrogens with two attached hydrogens (primary N) is 1. The number of amides is 2. The van der Waals surface area contributed by atoms with E-state index in [1.807, 2.05) is 19.1 Å². The van der Waals surface area contributed by atoms with Crippen LogP contribution in [0, 0.1) is 15.9 Å². The Labute approximate surface area is 101 Å². The minimum atomic E-state index is -0.508. The molecule has 0 aliphatic carbocycles. The Morgan fingerprint density at radius 3 is 2.73 bits per heavy atom. The van der Waals surface area contributed by atoms with Crippen LogP contribution >= 0.6 is 22.6 Å². The van der Waals surface area contributed by atoms with Crippen molar-refractivity contribution in [2.24, 2.45) is 5.73 Å². The summed E-state index contributed by atoms with van der Waals surface area (Å²) in [6, 6.07) is 5.13. The predicted molar refractivity (Wildman–Crippen MR) is 68.0 cm³/mol. The Kier molecular flexibility index (Phi) is 3.89. The molecule has 0 unspecified atom stereocenters. The van der Waals surface area contributed by atoms with E-state index in [4.69, 9.17) is 11.1 Å². The third-order valence-electron chi connectivity index (χ3n) is 1.68.